The first-order valence-corrected chi connectivity index (χ1v) is 10.6. The maximum Gasteiger partial charge on any atom is 0.199 e. The monoisotopic (exact) mass is 470 g/mol. The minimum atomic E-state index is -0.555. The highest BCUT2D eigenvalue weighted by Gasteiger charge is 2.33. The molecule has 7 nitrogen and oxygen atoms in total. The van der Waals surface area contributed by atoms with Crippen molar-refractivity contribution in [2.75, 3.05) is 11.9 Å². The molecule has 1 aromatic carbocycles. The standard InChI is InChI=1S/C22H23BrN4O3/c23-17-3-1-2-14(6-17)10-27-5-4-15(11-27)21(30)19-9-24-13-25-22(19)26-18-7-16(12-28)20(29)8-18/h1-6,9,11,13,16,18,20,28-29H,7-8,10,12H2,(H,24,25,26). The zero-order valence-corrected chi connectivity index (χ0v) is 17.9. The lowest BCUT2D eigenvalue weighted by molar-refractivity contribution is 0.0908. The Morgan fingerprint density at radius 3 is 2.93 bits per heavy atom. The highest BCUT2D eigenvalue weighted by Crippen LogP contribution is 2.29. The van der Waals surface area contributed by atoms with Gasteiger partial charge in [0.1, 0.15) is 12.1 Å². The SMILES string of the molecule is O=C(c1ccn(Cc2cccc(Br)c2)c1)c1cncnc1NC1CC(O)C(CO)C1. The van der Waals surface area contributed by atoms with Crippen molar-refractivity contribution < 1.29 is 15.0 Å². The van der Waals surface area contributed by atoms with Crippen LogP contribution in [0, 0.1) is 5.92 Å². The number of nitrogens with one attached hydrogen (secondary N) is 1. The van der Waals surface area contributed by atoms with Gasteiger partial charge in [-0.15, -0.1) is 0 Å². The number of carbonyl (C=O) groups excluding carboxylic acids is 1. The van der Waals surface area contributed by atoms with Crippen molar-refractivity contribution >= 4 is 27.5 Å². The number of anilines is 1. The fraction of sp³-hybridized carbons (Fsp3) is 0.318. The van der Waals surface area contributed by atoms with Gasteiger partial charge in [0, 0.05) is 53.7 Å². The molecule has 3 atom stereocenters. The normalized spacial score (nSPS) is 21.0. The van der Waals surface area contributed by atoms with E-state index in [4.69, 9.17) is 0 Å². The van der Waals surface area contributed by atoms with Crippen LogP contribution in [0.3, 0.4) is 0 Å². The lowest BCUT2D eigenvalue weighted by Crippen LogP contribution is -2.20. The Labute approximate surface area is 182 Å². The van der Waals surface area contributed by atoms with Crippen LogP contribution in [-0.2, 0) is 6.54 Å². The average Bonchev–Trinajstić information content (AvgIpc) is 3.34. The molecule has 3 N–H and O–H groups in total. The van der Waals surface area contributed by atoms with E-state index in [1.807, 2.05) is 41.2 Å². The summed E-state index contributed by atoms with van der Waals surface area (Å²) in [6.07, 6.45) is 7.18. The van der Waals surface area contributed by atoms with E-state index in [1.54, 1.807) is 6.07 Å². The number of aromatic nitrogens is 3. The third-order valence-corrected chi connectivity index (χ3v) is 5.95. The molecule has 2 heterocycles. The molecule has 1 aliphatic carbocycles. The number of benzene rings is 1. The van der Waals surface area contributed by atoms with Crippen molar-refractivity contribution in [3.8, 4) is 0 Å². The second kappa shape index (κ2) is 9.07. The van der Waals surface area contributed by atoms with Crippen molar-refractivity contribution in [2.24, 2.45) is 5.92 Å². The predicted octanol–water partition coefficient (Wildman–Crippen LogP) is 2.86. The average molecular weight is 471 g/mol. The minimum absolute atomic E-state index is 0.0551. The molecule has 156 valence electrons. The highest BCUT2D eigenvalue weighted by molar-refractivity contribution is 9.10. The highest BCUT2D eigenvalue weighted by atomic mass is 79.9. The van der Waals surface area contributed by atoms with Gasteiger partial charge >= 0.3 is 0 Å². The molecule has 0 bridgehead atoms. The van der Waals surface area contributed by atoms with E-state index in [1.165, 1.54) is 12.5 Å². The smallest absolute Gasteiger partial charge is 0.199 e. The second-order valence-corrected chi connectivity index (χ2v) is 8.55. The number of aliphatic hydroxyl groups is 2. The molecule has 0 amide bonds. The molecule has 3 aromatic rings. The maximum absolute atomic E-state index is 13.1. The second-order valence-electron chi connectivity index (χ2n) is 7.64. The third-order valence-electron chi connectivity index (χ3n) is 5.46. The molecule has 30 heavy (non-hydrogen) atoms. The van der Waals surface area contributed by atoms with Gasteiger partial charge in [0.05, 0.1) is 11.7 Å². The van der Waals surface area contributed by atoms with Crippen molar-refractivity contribution in [2.45, 2.75) is 31.5 Å². The molecule has 1 aliphatic rings. The van der Waals surface area contributed by atoms with Gasteiger partial charge < -0.3 is 20.1 Å². The molecule has 4 rings (SSSR count). The molecule has 1 fully saturated rings. The number of aliphatic hydroxyl groups excluding tert-OH is 2. The van der Waals surface area contributed by atoms with Crippen LogP contribution in [0.15, 0.2) is 59.7 Å². The fourth-order valence-corrected chi connectivity index (χ4v) is 4.34. The van der Waals surface area contributed by atoms with Gasteiger partial charge in [-0.05, 0) is 36.6 Å². The number of carbonyl (C=O) groups is 1. The Morgan fingerprint density at radius 1 is 1.30 bits per heavy atom. The van der Waals surface area contributed by atoms with E-state index in [-0.39, 0.29) is 24.3 Å². The summed E-state index contributed by atoms with van der Waals surface area (Å²) in [5.41, 5.74) is 2.07. The Kier molecular flexibility index (Phi) is 6.26. The summed E-state index contributed by atoms with van der Waals surface area (Å²) >= 11 is 3.48. The van der Waals surface area contributed by atoms with Crippen LogP contribution >= 0.6 is 15.9 Å². The van der Waals surface area contributed by atoms with Crippen LogP contribution < -0.4 is 5.32 Å². The minimum Gasteiger partial charge on any atom is -0.396 e. The van der Waals surface area contributed by atoms with Crippen LogP contribution in [0.1, 0.15) is 34.3 Å². The van der Waals surface area contributed by atoms with Crippen molar-refractivity contribution in [1.82, 2.24) is 14.5 Å². The Hall–Kier alpha value is -2.55. The first-order valence-electron chi connectivity index (χ1n) is 9.84. The number of nitrogens with zero attached hydrogens (tertiary/aromatic N) is 3. The quantitative estimate of drug-likeness (QED) is 0.459. The summed E-state index contributed by atoms with van der Waals surface area (Å²) in [6.45, 7) is 0.603. The molecular weight excluding hydrogens is 448 g/mol. The van der Waals surface area contributed by atoms with Gasteiger partial charge in [0.2, 0.25) is 0 Å². The van der Waals surface area contributed by atoms with Gasteiger partial charge in [0.15, 0.2) is 5.78 Å². The molecular formula is C22H23BrN4O3. The molecule has 2 aromatic heterocycles. The molecule has 0 spiro atoms. The molecule has 0 aliphatic heterocycles. The van der Waals surface area contributed by atoms with Crippen LogP contribution in [0.2, 0.25) is 0 Å². The molecule has 0 saturated heterocycles. The fourth-order valence-electron chi connectivity index (χ4n) is 3.90. The third kappa shape index (κ3) is 4.61. The molecule has 0 radical (unpaired) electrons. The summed E-state index contributed by atoms with van der Waals surface area (Å²) in [4.78, 5) is 21.4. The van der Waals surface area contributed by atoms with Gasteiger partial charge in [-0.1, -0.05) is 28.1 Å². The Balaban J connectivity index is 1.50. The first kappa shape index (κ1) is 20.7. The van der Waals surface area contributed by atoms with Gasteiger partial charge in [-0.2, -0.15) is 0 Å². The number of ketones is 1. The van der Waals surface area contributed by atoms with Crippen LogP contribution in [0.4, 0.5) is 5.82 Å². The Bertz CT molecular complexity index is 1040. The number of halogens is 1. The van der Waals surface area contributed by atoms with E-state index >= 15 is 0 Å². The van der Waals surface area contributed by atoms with E-state index in [0.717, 1.165) is 10.0 Å². The van der Waals surface area contributed by atoms with Crippen molar-refractivity contribution in [3.63, 3.8) is 0 Å². The lowest BCUT2D eigenvalue weighted by Gasteiger charge is -2.15. The summed E-state index contributed by atoms with van der Waals surface area (Å²) < 4.78 is 2.98. The summed E-state index contributed by atoms with van der Waals surface area (Å²) in [5, 5.41) is 22.6. The van der Waals surface area contributed by atoms with Crippen LogP contribution in [0.5, 0.6) is 0 Å². The molecule has 1 saturated carbocycles. The van der Waals surface area contributed by atoms with Crippen molar-refractivity contribution in [1.29, 1.82) is 0 Å². The summed E-state index contributed by atoms with van der Waals surface area (Å²) in [5.74, 6) is 0.129. The topological polar surface area (TPSA) is 100 Å². The number of hydrogen-bond donors (Lipinski definition) is 3. The van der Waals surface area contributed by atoms with Crippen LogP contribution in [-0.4, -0.2) is 49.3 Å². The largest absolute Gasteiger partial charge is 0.396 e. The first-order chi connectivity index (χ1) is 14.5. The zero-order chi connectivity index (χ0) is 21.1. The van der Waals surface area contributed by atoms with Gasteiger partial charge in [-0.25, -0.2) is 9.97 Å². The number of hydrogen-bond acceptors (Lipinski definition) is 6. The predicted molar refractivity (Wildman–Crippen MR) is 116 cm³/mol. The van der Waals surface area contributed by atoms with E-state index < -0.39 is 6.10 Å². The maximum atomic E-state index is 13.1. The summed E-state index contributed by atoms with van der Waals surface area (Å²) in [7, 11) is 0. The van der Waals surface area contributed by atoms with Gasteiger partial charge in [0.25, 0.3) is 0 Å². The van der Waals surface area contributed by atoms with Gasteiger partial charge in [-0.3, -0.25) is 4.79 Å². The van der Waals surface area contributed by atoms with E-state index in [0.29, 0.717) is 36.3 Å². The Morgan fingerprint density at radius 2 is 2.17 bits per heavy atom. The van der Waals surface area contributed by atoms with E-state index in [2.05, 4.69) is 31.2 Å². The lowest BCUT2D eigenvalue weighted by atomic mass is 10.1. The van der Waals surface area contributed by atoms with Crippen molar-refractivity contribution in [3.05, 3.63) is 76.4 Å². The molecule has 3 unspecified atom stereocenters. The summed E-state index contributed by atoms with van der Waals surface area (Å²) in [6, 6.07) is 9.77. The van der Waals surface area contributed by atoms with Crippen LogP contribution in [0.25, 0.3) is 0 Å². The number of rotatable bonds is 7. The zero-order valence-electron chi connectivity index (χ0n) is 16.3. The molecule has 8 heteroatoms. The van der Waals surface area contributed by atoms with E-state index in [9.17, 15) is 15.0 Å².